The van der Waals surface area contributed by atoms with Crippen LogP contribution in [0.5, 0.6) is 0 Å². The van der Waals surface area contributed by atoms with Crippen molar-refractivity contribution in [2.75, 3.05) is 0 Å². The topological polar surface area (TPSA) is 0 Å². The SMILES string of the molecule is CCC(C)c1ccccc1.CCc1c(Br)c(Br)c(Br)c(Br)c1Br. The maximum Gasteiger partial charge on any atom is 0.0482 e. The summed E-state index contributed by atoms with van der Waals surface area (Å²) < 4.78 is 5.29. The highest BCUT2D eigenvalue weighted by atomic mass is 79.9. The Morgan fingerprint density at radius 3 is 1.57 bits per heavy atom. The molecule has 126 valence electrons. The lowest BCUT2D eigenvalue weighted by molar-refractivity contribution is 0.733. The minimum atomic E-state index is 0.709. The Hall–Kier alpha value is 0.840. The first kappa shape index (κ1) is 21.9. The monoisotopic (exact) mass is 630 g/mol. The second-order valence-corrected chi connectivity index (χ2v) is 9.09. The Kier molecular flexibility index (Phi) is 10.2. The first-order valence-corrected chi connectivity index (χ1v) is 11.4. The average Bonchev–Trinajstić information content (AvgIpc) is 2.59. The molecule has 2 rings (SSSR count). The fraction of sp³-hybridized carbons (Fsp3) is 0.333. The molecule has 2 aromatic rings. The molecule has 0 N–H and O–H groups in total. The number of halogens is 5. The highest BCUT2D eigenvalue weighted by Crippen LogP contribution is 2.44. The Labute approximate surface area is 181 Å². The molecule has 0 nitrogen and oxygen atoms in total. The van der Waals surface area contributed by atoms with Gasteiger partial charge in [0.05, 0.1) is 0 Å². The quantitative estimate of drug-likeness (QED) is 0.233. The average molecular weight is 635 g/mol. The molecule has 23 heavy (non-hydrogen) atoms. The second kappa shape index (κ2) is 10.7. The van der Waals surface area contributed by atoms with E-state index in [-0.39, 0.29) is 0 Å². The van der Waals surface area contributed by atoms with E-state index < -0.39 is 0 Å². The van der Waals surface area contributed by atoms with Crippen LogP contribution in [0, 0.1) is 0 Å². The van der Waals surface area contributed by atoms with Gasteiger partial charge in [-0.15, -0.1) is 0 Å². The molecule has 0 heterocycles. The van der Waals surface area contributed by atoms with Crippen molar-refractivity contribution in [1.82, 2.24) is 0 Å². The third-order valence-electron chi connectivity index (χ3n) is 3.64. The highest BCUT2D eigenvalue weighted by Gasteiger charge is 2.15. The lowest BCUT2D eigenvalue weighted by atomic mass is 9.99. The molecule has 0 spiro atoms. The fourth-order valence-corrected chi connectivity index (χ4v) is 5.67. The Balaban J connectivity index is 0.000000238. The van der Waals surface area contributed by atoms with Crippen molar-refractivity contribution < 1.29 is 0 Å². The van der Waals surface area contributed by atoms with Crippen molar-refractivity contribution in [3.8, 4) is 0 Å². The first-order chi connectivity index (χ1) is 10.8. The highest BCUT2D eigenvalue weighted by molar-refractivity contribution is 9.15. The van der Waals surface area contributed by atoms with Crippen molar-refractivity contribution in [3.63, 3.8) is 0 Å². The van der Waals surface area contributed by atoms with Gasteiger partial charge in [0.2, 0.25) is 0 Å². The molecular weight excluding hydrogens is 616 g/mol. The van der Waals surface area contributed by atoms with E-state index in [1.54, 1.807) is 0 Å². The Morgan fingerprint density at radius 1 is 0.739 bits per heavy atom. The number of hydrogen-bond acceptors (Lipinski definition) is 0. The van der Waals surface area contributed by atoms with Crippen molar-refractivity contribution in [3.05, 3.63) is 63.8 Å². The van der Waals surface area contributed by atoms with E-state index in [0.29, 0.717) is 5.92 Å². The summed E-state index contributed by atoms with van der Waals surface area (Å²) in [5, 5.41) is 0. The molecule has 0 bridgehead atoms. The van der Waals surface area contributed by atoms with Gasteiger partial charge in [-0.3, -0.25) is 0 Å². The van der Waals surface area contributed by atoms with E-state index in [2.05, 4.69) is 131 Å². The lowest BCUT2D eigenvalue weighted by Crippen LogP contribution is -1.89. The number of hydrogen-bond donors (Lipinski definition) is 0. The molecule has 0 saturated carbocycles. The fourth-order valence-electron chi connectivity index (χ4n) is 1.98. The third-order valence-corrected chi connectivity index (χ3v) is 9.89. The maximum absolute atomic E-state index is 3.55. The van der Waals surface area contributed by atoms with Crippen LogP contribution in [-0.4, -0.2) is 0 Å². The van der Waals surface area contributed by atoms with Crippen molar-refractivity contribution in [2.45, 2.75) is 39.5 Å². The van der Waals surface area contributed by atoms with Crippen LogP contribution in [-0.2, 0) is 6.42 Å². The first-order valence-electron chi connectivity index (χ1n) is 7.40. The summed E-state index contributed by atoms with van der Waals surface area (Å²) in [5.74, 6) is 0.709. The minimum Gasteiger partial charge on any atom is -0.0648 e. The van der Waals surface area contributed by atoms with E-state index in [0.717, 1.165) is 28.8 Å². The van der Waals surface area contributed by atoms with Gasteiger partial charge in [0.1, 0.15) is 0 Å². The molecule has 0 aromatic heterocycles. The van der Waals surface area contributed by atoms with Gasteiger partial charge in [-0.05, 0) is 110 Å². The van der Waals surface area contributed by atoms with Crippen LogP contribution in [0.15, 0.2) is 52.7 Å². The van der Waals surface area contributed by atoms with Crippen LogP contribution in [0.1, 0.15) is 44.2 Å². The summed E-state index contributed by atoms with van der Waals surface area (Å²) in [4.78, 5) is 0. The van der Waals surface area contributed by atoms with Crippen molar-refractivity contribution in [2.24, 2.45) is 0 Å². The molecular formula is C18H19Br5. The predicted octanol–water partition coefficient (Wildman–Crippen LogP) is 9.26. The molecule has 0 saturated heterocycles. The molecule has 0 amide bonds. The maximum atomic E-state index is 3.55. The van der Waals surface area contributed by atoms with Gasteiger partial charge in [-0.1, -0.05) is 51.1 Å². The van der Waals surface area contributed by atoms with E-state index in [1.165, 1.54) is 17.5 Å². The van der Waals surface area contributed by atoms with Crippen LogP contribution in [0.4, 0.5) is 0 Å². The van der Waals surface area contributed by atoms with E-state index >= 15 is 0 Å². The lowest BCUT2D eigenvalue weighted by Gasteiger charge is -2.11. The van der Waals surface area contributed by atoms with Crippen LogP contribution >= 0.6 is 79.6 Å². The van der Waals surface area contributed by atoms with Gasteiger partial charge in [-0.25, -0.2) is 0 Å². The van der Waals surface area contributed by atoms with Crippen molar-refractivity contribution in [1.29, 1.82) is 0 Å². The summed E-state index contributed by atoms with van der Waals surface area (Å²) in [6, 6.07) is 10.6. The van der Waals surface area contributed by atoms with Gasteiger partial charge < -0.3 is 0 Å². The van der Waals surface area contributed by atoms with Gasteiger partial charge in [0.25, 0.3) is 0 Å². The zero-order chi connectivity index (χ0) is 17.6. The van der Waals surface area contributed by atoms with E-state index in [9.17, 15) is 0 Å². The minimum absolute atomic E-state index is 0.709. The van der Waals surface area contributed by atoms with Gasteiger partial charge in [0, 0.05) is 22.4 Å². The summed E-state index contributed by atoms with van der Waals surface area (Å²) >= 11 is 17.6. The molecule has 1 unspecified atom stereocenters. The van der Waals surface area contributed by atoms with Crippen molar-refractivity contribution >= 4 is 79.6 Å². The summed E-state index contributed by atoms with van der Waals surface area (Å²) in [6.07, 6.45) is 2.20. The van der Waals surface area contributed by atoms with Gasteiger partial charge >= 0.3 is 0 Å². The Morgan fingerprint density at radius 2 is 1.17 bits per heavy atom. The van der Waals surface area contributed by atoms with Gasteiger partial charge in [-0.2, -0.15) is 0 Å². The zero-order valence-electron chi connectivity index (χ0n) is 13.3. The van der Waals surface area contributed by atoms with E-state index in [1.807, 2.05) is 0 Å². The van der Waals surface area contributed by atoms with Gasteiger partial charge in [0.15, 0.2) is 0 Å². The largest absolute Gasteiger partial charge is 0.0648 e. The molecule has 1 atom stereocenters. The summed E-state index contributed by atoms with van der Waals surface area (Å²) in [5.41, 5.74) is 2.70. The zero-order valence-corrected chi connectivity index (χ0v) is 21.2. The Bertz CT molecular complexity index is 609. The summed E-state index contributed by atoms with van der Waals surface area (Å²) in [6.45, 7) is 6.60. The molecule has 0 aliphatic carbocycles. The molecule has 2 aromatic carbocycles. The molecule has 0 radical (unpaired) electrons. The van der Waals surface area contributed by atoms with Crippen LogP contribution in [0.3, 0.4) is 0 Å². The normalized spacial score (nSPS) is 11.7. The van der Waals surface area contributed by atoms with Crippen LogP contribution < -0.4 is 0 Å². The molecule has 0 aliphatic rings. The second-order valence-electron chi connectivity index (χ2n) is 5.12. The molecule has 0 fully saturated rings. The predicted molar refractivity (Wildman–Crippen MR) is 119 cm³/mol. The van der Waals surface area contributed by atoms with Crippen LogP contribution in [0.2, 0.25) is 0 Å². The van der Waals surface area contributed by atoms with E-state index in [4.69, 9.17) is 0 Å². The summed E-state index contributed by atoms with van der Waals surface area (Å²) in [7, 11) is 0. The molecule has 0 aliphatic heterocycles. The molecule has 5 heteroatoms. The smallest absolute Gasteiger partial charge is 0.0482 e. The standard InChI is InChI=1S/C10H14.C8H5Br5/c1-3-9(2)10-7-5-4-6-8-10;1-2-3-4(9)6(11)8(13)7(12)5(3)10/h4-9H,3H2,1-2H3;2H2,1H3. The van der Waals surface area contributed by atoms with Crippen LogP contribution in [0.25, 0.3) is 0 Å². The number of benzene rings is 2. The third kappa shape index (κ3) is 5.95. The number of rotatable bonds is 3.